The van der Waals surface area contributed by atoms with Crippen molar-refractivity contribution in [3.8, 4) is 0 Å². The number of rotatable bonds is 7. The molecule has 1 amide bonds. The van der Waals surface area contributed by atoms with Gasteiger partial charge in [0.05, 0.1) is 6.54 Å². The summed E-state index contributed by atoms with van der Waals surface area (Å²) in [5.74, 6) is 1.05. The van der Waals surface area contributed by atoms with Crippen LogP contribution in [-0.4, -0.2) is 35.0 Å². The Morgan fingerprint density at radius 1 is 1.12 bits per heavy atom. The molecule has 25 heavy (non-hydrogen) atoms. The van der Waals surface area contributed by atoms with Crippen LogP contribution in [0.5, 0.6) is 0 Å². The Morgan fingerprint density at radius 2 is 1.88 bits per heavy atom. The number of amides is 1. The number of Topliss-reactive ketones (excluding diaryl/α,β-unsaturated/α-hetero) is 1. The van der Waals surface area contributed by atoms with E-state index in [9.17, 15) is 9.59 Å². The Labute approximate surface area is 145 Å². The summed E-state index contributed by atoms with van der Waals surface area (Å²) in [4.78, 5) is 28.2. The van der Waals surface area contributed by atoms with Crippen LogP contribution in [0.2, 0.25) is 0 Å². The van der Waals surface area contributed by atoms with Crippen molar-refractivity contribution in [1.82, 2.24) is 15.5 Å². The number of nitrogens with zero attached hydrogens (tertiary/aromatic N) is 2. The highest BCUT2D eigenvalue weighted by atomic mass is 16.5. The minimum atomic E-state index is -0.213. The van der Waals surface area contributed by atoms with Crippen molar-refractivity contribution in [1.29, 1.82) is 0 Å². The molecule has 1 aliphatic heterocycles. The average molecular weight is 343 g/mol. The van der Waals surface area contributed by atoms with Crippen molar-refractivity contribution in [2.75, 3.05) is 13.2 Å². The minimum absolute atomic E-state index is 0.0460. The van der Waals surface area contributed by atoms with Gasteiger partial charge in [-0.25, -0.2) is 0 Å². The van der Waals surface area contributed by atoms with Crippen LogP contribution in [0, 0.1) is 0 Å². The molecule has 0 saturated carbocycles. The topological polar surface area (TPSA) is 94.3 Å². The van der Waals surface area contributed by atoms with Crippen molar-refractivity contribution < 1.29 is 18.8 Å². The highest BCUT2D eigenvalue weighted by Crippen LogP contribution is 2.24. The largest absolute Gasteiger partial charge is 0.381 e. The number of hydrogen-bond acceptors (Lipinski definition) is 6. The van der Waals surface area contributed by atoms with Gasteiger partial charge in [-0.05, 0) is 12.8 Å². The van der Waals surface area contributed by atoms with Crippen LogP contribution in [0.3, 0.4) is 0 Å². The van der Waals surface area contributed by atoms with Crippen molar-refractivity contribution in [3.63, 3.8) is 0 Å². The molecule has 7 nitrogen and oxygen atoms in total. The Hall–Kier alpha value is -2.54. The van der Waals surface area contributed by atoms with Gasteiger partial charge in [0.1, 0.15) is 0 Å². The zero-order chi connectivity index (χ0) is 17.5. The summed E-state index contributed by atoms with van der Waals surface area (Å²) in [5.41, 5.74) is 0.619. The Morgan fingerprint density at radius 3 is 2.64 bits per heavy atom. The number of aromatic nitrogens is 2. The van der Waals surface area contributed by atoms with E-state index in [0.29, 0.717) is 30.5 Å². The molecule has 1 N–H and O–H groups in total. The summed E-state index contributed by atoms with van der Waals surface area (Å²) in [7, 11) is 0. The highest BCUT2D eigenvalue weighted by molar-refractivity contribution is 5.97. The van der Waals surface area contributed by atoms with Crippen molar-refractivity contribution in [2.45, 2.75) is 38.1 Å². The number of carbonyl (C=O) groups excluding carboxylic acids is 2. The minimum Gasteiger partial charge on any atom is -0.381 e. The maximum atomic E-state index is 12.0. The maximum absolute atomic E-state index is 12.0. The van der Waals surface area contributed by atoms with Gasteiger partial charge in [-0.2, -0.15) is 4.98 Å². The van der Waals surface area contributed by atoms with E-state index >= 15 is 0 Å². The Kier molecular flexibility index (Phi) is 5.90. The fourth-order valence-corrected chi connectivity index (χ4v) is 2.72. The van der Waals surface area contributed by atoms with Crippen LogP contribution < -0.4 is 5.32 Å². The van der Waals surface area contributed by atoms with Crippen molar-refractivity contribution in [2.24, 2.45) is 0 Å². The summed E-state index contributed by atoms with van der Waals surface area (Å²) in [6, 6.07) is 8.95. The molecule has 1 fully saturated rings. The van der Waals surface area contributed by atoms with Gasteiger partial charge in [0.25, 0.3) is 0 Å². The number of ketones is 1. The third-order valence-corrected chi connectivity index (χ3v) is 4.18. The lowest BCUT2D eigenvalue weighted by Crippen LogP contribution is -2.23. The van der Waals surface area contributed by atoms with Crippen LogP contribution in [0.1, 0.15) is 53.7 Å². The molecule has 7 heteroatoms. The summed E-state index contributed by atoms with van der Waals surface area (Å²) in [5, 5.41) is 6.69. The van der Waals surface area contributed by atoms with Gasteiger partial charge in [0, 0.05) is 37.5 Å². The second-order valence-corrected chi connectivity index (χ2v) is 6.00. The molecular weight excluding hydrogens is 322 g/mol. The molecule has 1 aromatic heterocycles. The van der Waals surface area contributed by atoms with Crippen LogP contribution in [0.15, 0.2) is 34.9 Å². The Balaban J connectivity index is 1.41. The summed E-state index contributed by atoms with van der Waals surface area (Å²) >= 11 is 0. The quantitative estimate of drug-likeness (QED) is 0.775. The molecule has 3 rings (SSSR count). The molecule has 1 aliphatic rings. The van der Waals surface area contributed by atoms with Crippen LogP contribution in [0.25, 0.3) is 0 Å². The number of nitrogens with one attached hydrogen (secondary N) is 1. The zero-order valence-electron chi connectivity index (χ0n) is 13.9. The van der Waals surface area contributed by atoms with E-state index in [4.69, 9.17) is 9.26 Å². The van der Waals surface area contributed by atoms with Gasteiger partial charge in [-0.15, -0.1) is 0 Å². The standard InChI is InChI=1S/C18H21N3O4/c22-15(13-4-2-1-3-5-13)6-7-16(23)19-12-17-20-18(21-25-17)14-8-10-24-11-9-14/h1-5,14H,6-12H2,(H,19,23). The molecular formula is C18H21N3O4. The summed E-state index contributed by atoms with van der Waals surface area (Å²) in [6.07, 6.45) is 2.07. The van der Waals surface area contributed by atoms with Gasteiger partial charge >= 0.3 is 0 Å². The summed E-state index contributed by atoms with van der Waals surface area (Å²) < 4.78 is 10.5. The molecule has 2 aromatic rings. The number of ether oxygens (including phenoxy) is 1. The van der Waals surface area contributed by atoms with Gasteiger partial charge in [-0.3, -0.25) is 9.59 Å². The molecule has 0 bridgehead atoms. The first-order valence-electron chi connectivity index (χ1n) is 8.47. The van der Waals surface area contributed by atoms with Crippen molar-refractivity contribution >= 4 is 11.7 Å². The predicted octanol–water partition coefficient (Wildman–Crippen LogP) is 2.24. The molecule has 132 valence electrons. The number of benzene rings is 1. The lowest BCUT2D eigenvalue weighted by Gasteiger charge is -2.18. The van der Waals surface area contributed by atoms with E-state index in [0.717, 1.165) is 12.8 Å². The normalized spacial score (nSPS) is 15.0. The SMILES string of the molecule is O=C(CCC(=O)c1ccccc1)NCc1nc(C2CCOCC2)no1. The van der Waals surface area contributed by atoms with Gasteiger partial charge in [0.2, 0.25) is 11.8 Å². The highest BCUT2D eigenvalue weighted by Gasteiger charge is 2.21. The first-order valence-corrected chi connectivity index (χ1v) is 8.47. The fourth-order valence-electron chi connectivity index (χ4n) is 2.72. The average Bonchev–Trinajstić information content (AvgIpc) is 3.15. The molecule has 1 aromatic carbocycles. The number of carbonyl (C=O) groups is 2. The van der Waals surface area contributed by atoms with E-state index in [-0.39, 0.29) is 37.0 Å². The van der Waals surface area contributed by atoms with E-state index in [2.05, 4.69) is 15.5 Å². The van der Waals surface area contributed by atoms with E-state index in [1.807, 2.05) is 6.07 Å². The molecule has 0 aliphatic carbocycles. The molecule has 0 spiro atoms. The first-order chi connectivity index (χ1) is 12.2. The lowest BCUT2D eigenvalue weighted by molar-refractivity contribution is -0.121. The third-order valence-electron chi connectivity index (χ3n) is 4.18. The van der Waals surface area contributed by atoms with Gasteiger partial charge < -0.3 is 14.6 Å². The predicted molar refractivity (Wildman–Crippen MR) is 88.9 cm³/mol. The maximum Gasteiger partial charge on any atom is 0.246 e. The Bertz CT molecular complexity index is 708. The smallest absolute Gasteiger partial charge is 0.246 e. The molecule has 0 unspecified atom stereocenters. The molecule has 1 saturated heterocycles. The molecule has 0 atom stereocenters. The van der Waals surface area contributed by atoms with E-state index < -0.39 is 0 Å². The van der Waals surface area contributed by atoms with Gasteiger partial charge in [0.15, 0.2) is 11.6 Å². The van der Waals surface area contributed by atoms with Crippen LogP contribution in [-0.2, 0) is 16.1 Å². The zero-order valence-corrected chi connectivity index (χ0v) is 13.9. The number of hydrogen-bond donors (Lipinski definition) is 1. The van der Waals surface area contributed by atoms with E-state index in [1.54, 1.807) is 24.3 Å². The second-order valence-electron chi connectivity index (χ2n) is 6.00. The molecule has 2 heterocycles. The van der Waals surface area contributed by atoms with Crippen molar-refractivity contribution in [3.05, 3.63) is 47.6 Å². The first kappa shape index (κ1) is 17.3. The fraction of sp³-hybridized carbons (Fsp3) is 0.444. The lowest BCUT2D eigenvalue weighted by atomic mass is 10.00. The summed E-state index contributed by atoms with van der Waals surface area (Å²) in [6.45, 7) is 1.59. The van der Waals surface area contributed by atoms with Crippen LogP contribution >= 0.6 is 0 Å². The van der Waals surface area contributed by atoms with Gasteiger partial charge in [-0.1, -0.05) is 35.5 Å². The van der Waals surface area contributed by atoms with E-state index in [1.165, 1.54) is 0 Å². The van der Waals surface area contributed by atoms with Crippen LogP contribution in [0.4, 0.5) is 0 Å². The monoisotopic (exact) mass is 343 g/mol. The molecule has 0 radical (unpaired) electrons. The second kappa shape index (κ2) is 8.53. The third kappa shape index (κ3) is 4.96.